The quantitative estimate of drug-likeness (QED) is 0.508. The minimum Gasteiger partial charge on any atom is -0.246 e. The summed E-state index contributed by atoms with van der Waals surface area (Å²) < 4.78 is 0. The minimum atomic E-state index is -1.30. The normalized spacial score (nSPS) is 17.4. The van der Waals surface area contributed by atoms with Crippen LogP contribution >= 0.6 is 39.5 Å². The van der Waals surface area contributed by atoms with E-state index < -0.39 is 8.19 Å². The molecule has 0 radical (unpaired) electrons. The monoisotopic (exact) mass is 190 g/mol. The highest BCUT2D eigenvalue weighted by molar-refractivity contribution is 9.33. The Morgan fingerprint density at radius 3 is 1.50 bits per heavy atom. The van der Waals surface area contributed by atoms with E-state index >= 15 is 0 Å². The zero-order chi connectivity index (χ0) is 6.86. The maximum absolute atomic E-state index is 4.08. The van der Waals surface area contributed by atoms with Crippen molar-refractivity contribution in [3.05, 3.63) is 0 Å². The lowest BCUT2D eigenvalue weighted by atomic mass is 11.8. The van der Waals surface area contributed by atoms with E-state index in [2.05, 4.69) is 36.7 Å². The van der Waals surface area contributed by atoms with Crippen molar-refractivity contribution >= 4 is 39.5 Å². The lowest BCUT2D eigenvalue weighted by molar-refractivity contribution is 2.01. The molecule has 0 amide bonds. The van der Waals surface area contributed by atoms with Crippen LogP contribution in [-0.4, -0.2) is 25.0 Å². The fraction of sp³-hybridized carbons (Fsp3) is 1.00. The first-order valence-corrected chi connectivity index (χ1v) is 10.2. The van der Waals surface area contributed by atoms with Crippen molar-refractivity contribution in [2.75, 3.05) is 25.0 Å². The van der Waals surface area contributed by atoms with Crippen LogP contribution in [0.15, 0.2) is 0 Å². The van der Waals surface area contributed by atoms with E-state index in [0.29, 0.717) is 0 Å². The van der Waals surface area contributed by atoms with Crippen molar-refractivity contribution in [3.8, 4) is 0 Å². The van der Waals surface area contributed by atoms with E-state index in [-0.39, 0.29) is 0 Å². The van der Waals surface area contributed by atoms with Gasteiger partial charge in [-0.3, -0.25) is 0 Å². The SMILES string of the molecule is C[SH](C)(C)(C)SSS. The predicted octanol–water partition coefficient (Wildman–Crippen LogP) is 2.72. The number of rotatable bonds is 2. The van der Waals surface area contributed by atoms with Crippen molar-refractivity contribution in [1.82, 2.24) is 0 Å². The molecule has 0 saturated heterocycles. The third kappa shape index (κ3) is 7.40. The summed E-state index contributed by atoms with van der Waals surface area (Å²) in [6.45, 7) is 0. The summed E-state index contributed by atoms with van der Waals surface area (Å²) >= 11 is 4.08. The van der Waals surface area contributed by atoms with Gasteiger partial charge in [-0.15, -0.1) is 0 Å². The third-order valence-electron chi connectivity index (χ3n) is 0.331. The van der Waals surface area contributed by atoms with Crippen LogP contribution in [0.4, 0.5) is 0 Å². The number of hydrogen-bond acceptors (Lipinski definition) is 3. The summed E-state index contributed by atoms with van der Waals surface area (Å²) in [6, 6.07) is 0. The van der Waals surface area contributed by atoms with Gasteiger partial charge in [-0.25, -0.2) is 8.19 Å². The van der Waals surface area contributed by atoms with Crippen LogP contribution in [0.25, 0.3) is 0 Å². The van der Waals surface area contributed by atoms with Crippen LogP contribution < -0.4 is 0 Å². The molecule has 0 bridgehead atoms. The summed E-state index contributed by atoms with van der Waals surface area (Å²) in [6.07, 6.45) is 9.28. The molecule has 0 aromatic carbocycles. The number of hydrogen-bond donors (Lipinski definition) is 2. The van der Waals surface area contributed by atoms with Gasteiger partial charge in [0, 0.05) is 0 Å². The van der Waals surface area contributed by atoms with Crippen LogP contribution in [0.2, 0.25) is 0 Å². The van der Waals surface area contributed by atoms with Crippen molar-refractivity contribution in [2.45, 2.75) is 0 Å². The molecule has 0 N–H and O–H groups in total. The van der Waals surface area contributed by atoms with Gasteiger partial charge < -0.3 is 0 Å². The summed E-state index contributed by atoms with van der Waals surface area (Å²) in [5, 5.41) is 0. The van der Waals surface area contributed by atoms with E-state index in [0.717, 1.165) is 0 Å². The summed E-state index contributed by atoms with van der Waals surface area (Å²) in [5.74, 6) is 0. The number of thiol groups is 2. The fourth-order valence-electron chi connectivity index (χ4n) is 0.133. The van der Waals surface area contributed by atoms with Crippen LogP contribution in [0.5, 0.6) is 0 Å². The molecule has 0 aromatic rings. The maximum Gasteiger partial charge on any atom is -0.0198 e. The predicted molar refractivity (Wildman–Crippen MR) is 56.9 cm³/mol. The van der Waals surface area contributed by atoms with E-state index in [4.69, 9.17) is 0 Å². The van der Waals surface area contributed by atoms with Crippen LogP contribution in [-0.2, 0) is 0 Å². The second-order valence-electron chi connectivity index (χ2n) is 3.56. The molecule has 0 spiro atoms. The molecule has 0 rings (SSSR count). The summed E-state index contributed by atoms with van der Waals surface area (Å²) in [5.41, 5.74) is 0. The second kappa shape index (κ2) is 2.56. The summed E-state index contributed by atoms with van der Waals surface area (Å²) in [7, 11) is 2.18. The van der Waals surface area contributed by atoms with Gasteiger partial charge in [-0.05, 0) is 34.8 Å². The molecule has 0 unspecified atom stereocenters. The maximum atomic E-state index is 4.08. The Bertz CT molecular complexity index is 70.5. The van der Waals surface area contributed by atoms with Gasteiger partial charge >= 0.3 is 0 Å². The van der Waals surface area contributed by atoms with Gasteiger partial charge in [0.25, 0.3) is 0 Å². The molecule has 0 aromatic heterocycles. The van der Waals surface area contributed by atoms with Gasteiger partial charge in [-0.1, -0.05) is 21.5 Å². The average Bonchev–Trinajstić information content (AvgIpc) is 1.25. The smallest absolute Gasteiger partial charge is 0.0198 e. The topological polar surface area (TPSA) is 0 Å². The van der Waals surface area contributed by atoms with E-state index in [1.54, 1.807) is 9.83 Å². The fourth-order valence-corrected chi connectivity index (χ4v) is 10.8. The van der Waals surface area contributed by atoms with E-state index in [9.17, 15) is 0 Å². The molecule has 0 nitrogen and oxygen atoms in total. The Labute approximate surface area is 64.5 Å². The molecule has 0 aliphatic heterocycles. The highest BCUT2D eigenvalue weighted by Crippen LogP contribution is 2.72. The largest absolute Gasteiger partial charge is 0.246 e. The first-order chi connectivity index (χ1) is 3.31. The van der Waals surface area contributed by atoms with Crippen molar-refractivity contribution in [1.29, 1.82) is 0 Å². The molecule has 0 saturated carbocycles. The van der Waals surface area contributed by atoms with Gasteiger partial charge in [0.15, 0.2) is 0 Å². The molecule has 0 heterocycles. The lowest BCUT2D eigenvalue weighted by Gasteiger charge is -2.44. The van der Waals surface area contributed by atoms with Crippen LogP contribution in [0.1, 0.15) is 0 Å². The minimum absolute atomic E-state index is 1.30. The van der Waals surface area contributed by atoms with E-state index in [1.807, 2.05) is 9.83 Å². The van der Waals surface area contributed by atoms with Crippen LogP contribution in [0, 0.1) is 0 Å². The molecular weight excluding hydrogens is 176 g/mol. The Balaban J connectivity index is 3.73. The molecular formula is C4H14S4. The van der Waals surface area contributed by atoms with Crippen molar-refractivity contribution < 1.29 is 0 Å². The van der Waals surface area contributed by atoms with Crippen molar-refractivity contribution in [2.24, 2.45) is 0 Å². The average molecular weight is 190 g/mol. The molecule has 0 fully saturated rings. The Hall–Kier alpha value is 1.40. The Morgan fingerprint density at radius 2 is 1.50 bits per heavy atom. The first-order valence-electron chi connectivity index (χ1n) is 2.32. The van der Waals surface area contributed by atoms with Gasteiger partial charge in [0.05, 0.1) is 0 Å². The molecule has 4 heteroatoms. The van der Waals surface area contributed by atoms with Crippen LogP contribution in [0.3, 0.4) is 0 Å². The highest BCUT2D eigenvalue weighted by Gasteiger charge is 2.17. The summed E-state index contributed by atoms with van der Waals surface area (Å²) in [4.78, 5) is 0. The van der Waals surface area contributed by atoms with Gasteiger partial charge in [-0.2, -0.15) is 0 Å². The van der Waals surface area contributed by atoms with Crippen molar-refractivity contribution in [3.63, 3.8) is 0 Å². The molecule has 0 aliphatic carbocycles. The molecule has 8 heavy (non-hydrogen) atoms. The van der Waals surface area contributed by atoms with Gasteiger partial charge in [0.1, 0.15) is 0 Å². The lowest BCUT2D eigenvalue weighted by Crippen LogP contribution is -2.01. The zero-order valence-corrected chi connectivity index (χ0v) is 9.13. The molecule has 0 atom stereocenters. The highest BCUT2D eigenvalue weighted by atomic mass is 33.7. The first kappa shape index (κ1) is 9.40. The molecule has 0 aliphatic rings. The third-order valence-corrected chi connectivity index (χ3v) is 10.7. The van der Waals surface area contributed by atoms with E-state index in [1.165, 1.54) is 0 Å². The Kier molecular flexibility index (Phi) is 3.01. The standard InChI is InChI=1S/C4H14S4/c1-8(2,3,4)7-6-5/h5,8H,1-4H3. The van der Waals surface area contributed by atoms with Gasteiger partial charge in [0.2, 0.25) is 0 Å². The zero-order valence-electron chi connectivity index (χ0n) is 5.71. The molecule has 54 valence electrons. The second-order valence-corrected chi connectivity index (χ2v) is 18.6. The Morgan fingerprint density at radius 1 is 1.12 bits per heavy atom.